The van der Waals surface area contributed by atoms with Crippen LogP contribution in [0.1, 0.15) is 17.5 Å². The lowest BCUT2D eigenvalue weighted by Gasteiger charge is -2.23. The van der Waals surface area contributed by atoms with Crippen LogP contribution >= 0.6 is 0 Å². The van der Waals surface area contributed by atoms with Crippen molar-refractivity contribution in [2.45, 2.75) is 25.0 Å². The lowest BCUT2D eigenvalue weighted by molar-refractivity contribution is 0.0487. The monoisotopic (exact) mass is 268 g/mol. The van der Waals surface area contributed by atoms with Crippen LogP contribution < -0.4 is 0 Å². The normalized spacial score (nSPS) is 23.1. The molecule has 0 spiro atoms. The Balaban J connectivity index is 1.61. The van der Waals surface area contributed by atoms with E-state index in [1.165, 1.54) is 5.56 Å². The van der Waals surface area contributed by atoms with Crippen molar-refractivity contribution in [2.75, 3.05) is 13.1 Å². The number of hydrogen-bond donors (Lipinski definition) is 1. The zero-order valence-corrected chi connectivity index (χ0v) is 11.6. The third kappa shape index (κ3) is 3.24. The molecule has 1 saturated heterocycles. The number of hydrogen-bond acceptors (Lipinski definition) is 3. The van der Waals surface area contributed by atoms with E-state index >= 15 is 0 Å². The van der Waals surface area contributed by atoms with Gasteiger partial charge in [-0.3, -0.25) is 9.88 Å². The van der Waals surface area contributed by atoms with Gasteiger partial charge >= 0.3 is 0 Å². The summed E-state index contributed by atoms with van der Waals surface area (Å²) < 4.78 is 0. The van der Waals surface area contributed by atoms with Gasteiger partial charge in [-0.15, -0.1) is 0 Å². The summed E-state index contributed by atoms with van der Waals surface area (Å²) >= 11 is 0. The molecule has 3 rings (SSSR count). The molecule has 1 fully saturated rings. The van der Waals surface area contributed by atoms with Crippen molar-refractivity contribution in [1.29, 1.82) is 0 Å². The topological polar surface area (TPSA) is 36.4 Å². The summed E-state index contributed by atoms with van der Waals surface area (Å²) in [6.45, 7) is 2.60. The van der Waals surface area contributed by atoms with Gasteiger partial charge in [-0.2, -0.15) is 0 Å². The van der Waals surface area contributed by atoms with Crippen LogP contribution in [0.4, 0.5) is 0 Å². The van der Waals surface area contributed by atoms with Gasteiger partial charge in [0, 0.05) is 38.4 Å². The van der Waals surface area contributed by atoms with E-state index in [0.29, 0.717) is 6.42 Å². The molecule has 20 heavy (non-hydrogen) atoms. The summed E-state index contributed by atoms with van der Waals surface area (Å²) in [6, 6.07) is 14.4. The fourth-order valence-electron chi connectivity index (χ4n) is 2.94. The number of aliphatic hydroxyl groups is 1. The molecule has 0 radical (unpaired) electrons. The molecule has 0 amide bonds. The van der Waals surface area contributed by atoms with E-state index < -0.39 is 5.60 Å². The Labute approximate surface area is 119 Å². The first-order chi connectivity index (χ1) is 9.73. The van der Waals surface area contributed by atoms with E-state index in [-0.39, 0.29) is 0 Å². The molecule has 0 bridgehead atoms. The van der Waals surface area contributed by atoms with Crippen LogP contribution in [0.3, 0.4) is 0 Å². The minimum absolute atomic E-state index is 0.613. The summed E-state index contributed by atoms with van der Waals surface area (Å²) in [5.74, 6) is 0. The molecular formula is C17H20N2O. The Kier molecular flexibility index (Phi) is 3.81. The second-order valence-electron chi connectivity index (χ2n) is 5.71. The Morgan fingerprint density at radius 2 is 1.90 bits per heavy atom. The highest BCUT2D eigenvalue weighted by Gasteiger charge is 2.35. The molecule has 1 aliphatic heterocycles. The highest BCUT2D eigenvalue weighted by molar-refractivity contribution is 5.16. The van der Waals surface area contributed by atoms with E-state index in [1.54, 1.807) is 6.20 Å². The predicted molar refractivity (Wildman–Crippen MR) is 79.2 cm³/mol. The van der Waals surface area contributed by atoms with Gasteiger partial charge in [0.25, 0.3) is 0 Å². The molecule has 2 heterocycles. The van der Waals surface area contributed by atoms with Crippen LogP contribution in [-0.2, 0) is 13.0 Å². The summed E-state index contributed by atoms with van der Waals surface area (Å²) in [6.07, 6.45) is 5.13. The molecule has 0 saturated carbocycles. The van der Waals surface area contributed by atoms with Crippen molar-refractivity contribution >= 4 is 0 Å². The van der Waals surface area contributed by atoms with Crippen molar-refractivity contribution < 1.29 is 5.11 Å². The molecule has 1 aromatic heterocycles. The number of β-amino-alcohol motifs (C(OH)–C–C–N with tert-alkyl or cyclic N) is 1. The quantitative estimate of drug-likeness (QED) is 0.924. The second-order valence-corrected chi connectivity index (χ2v) is 5.71. The van der Waals surface area contributed by atoms with Gasteiger partial charge in [-0.1, -0.05) is 36.4 Å². The average molecular weight is 268 g/mol. The van der Waals surface area contributed by atoms with Crippen LogP contribution in [0.25, 0.3) is 0 Å². The van der Waals surface area contributed by atoms with Crippen molar-refractivity contribution in [2.24, 2.45) is 0 Å². The van der Waals surface area contributed by atoms with Gasteiger partial charge < -0.3 is 5.11 Å². The number of aromatic nitrogens is 1. The number of likely N-dealkylation sites (tertiary alicyclic amines) is 1. The maximum absolute atomic E-state index is 10.7. The molecule has 3 heteroatoms. The summed E-state index contributed by atoms with van der Waals surface area (Å²) in [7, 11) is 0. The molecule has 1 N–H and O–H groups in total. The molecule has 1 aliphatic rings. The van der Waals surface area contributed by atoms with Crippen LogP contribution in [0.15, 0.2) is 54.9 Å². The minimum Gasteiger partial charge on any atom is -0.388 e. The Morgan fingerprint density at radius 1 is 1.10 bits per heavy atom. The molecule has 1 atom stereocenters. The van der Waals surface area contributed by atoms with Crippen LogP contribution in [0.2, 0.25) is 0 Å². The Bertz CT molecular complexity index is 543. The van der Waals surface area contributed by atoms with Gasteiger partial charge in [0.05, 0.1) is 5.60 Å². The Morgan fingerprint density at radius 3 is 2.65 bits per heavy atom. The zero-order chi connectivity index (χ0) is 13.8. The van der Waals surface area contributed by atoms with Crippen LogP contribution in [0, 0.1) is 0 Å². The average Bonchev–Trinajstić information content (AvgIpc) is 2.82. The lowest BCUT2D eigenvalue weighted by atomic mass is 9.95. The van der Waals surface area contributed by atoms with Crippen molar-refractivity contribution in [1.82, 2.24) is 9.88 Å². The largest absolute Gasteiger partial charge is 0.388 e. The highest BCUT2D eigenvalue weighted by atomic mass is 16.3. The maximum Gasteiger partial charge on any atom is 0.0827 e. The van der Waals surface area contributed by atoms with Crippen molar-refractivity contribution in [3.8, 4) is 0 Å². The molecule has 1 unspecified atom stereocenters. The fraction of sp³-hybridized carbons (Fsp3) is 0.353. The molecule has 104 valence electrons. The van der Waals surface area contributed by atoms with Gasteiger partial charge in [0.2, 0.25) is 0 Å². The van der Waals surface area contributed by atoms with E-state index in [1.807, 2.05) is 24.4 Å². The van der Waals surface area contributed by atoms with Gasteiger partial charge in [-0.05, 0) is 23.6 Å². The number of nitrogens with zero attached hydrogens (tertiary/aromatic N) is 2. The summed E-state index contributed by atoms with van der Waals surface area (Å²) in [5.41, 5.74) is 1.80. The van der Waals surface area contributed by atoms with E-state index in [0.717, 1.165) is 31.6 Å². The molecule has 1 aromatic carbocycles. The third-order valence-corrected chi connectivity index (χ3v) is 3.92. The second kappa shape index (κ2) is 5.73. The van der Waals surface area contributed by atoms with Crippen LogP contribution in [0.5, 0.6) is 0 Å². The number of benzene rings is 1. The first kappa shape index (κ1) is 13.3. The van der Waals surface area contributed by atoms with Crippen molar-refractivity contribution in [3.63, 3.8) is 0 Å². The summed E-state index contributed by atoms with van der Waals surface area (Å²) in [5, 5.41) is 10.7. The maximum atomic E-state index is 10.7. The molecular weight excluding hydrogens is 248 g/mol. The van der Waals surface area contributed by atoms with E-state index in [2.05, 4.69) is 34.1 Å². The summed E-state index contributed by atoms with van der Waals surface area (Å²) in [4.78, 5) is 6.45. The minimum atomic E-state index is -0.613. The zero-order valence-electron chi connectivity index (χ0n) is 11.6. The van der Waals surface area contributed by atoms with E-state index in [4.69, 9.17) is 0 Å². The fourth-order valence-corrected chi connectivity index (χ4v) is 2.94. The number of rotatable bonds is 4. The van der Waals surface area contributed by atoms with Crippen molar-refractivity contribution in [3.05, 3.63) is 66.0 Å². The first-order valence-corrected chi connectivity index (χ1v) is 7.11. The smallest absolute Gasteiger partial charge is 0.0827 e. The first-order valence-electron chi connectivity index (χ1n) is 7.11. The van der Waals surface area contributed by atoms with Crippen LogP contribution in [-0.4, -0.2) is 33.7 Å². The predicted octanol–water partition coefficient (Wildman–Crippen LogP) is 2.26. The molecule has 2 aromatic rings. The molecule has 3 nitrogen and oxygen atoms in total. The lowest BCUT2D eigenvalue weighted by Crippen LogP contribution is -2.35. The third-order valence-electron chi connectivity index (χ3n) is 3.92. The van der Waals surface area contributed by atoms with E-state index in [9.17, 15) is 5.11 Å². The number of pyridine rings is 1. The standard InChI is InChI=1S/C17H20N2O/c20-17(11-16-7-4-9-18-12-16)8-10-19(14-17)13-15-5-2-1-3-6-15/h1-7,9,12,20H,8,10-11,13-14H2. The Hall–Kier alpha value is -1.71. The molecule has 0 aliphatic carbocycles. The highest BCUT2D eigenvalue weighted by Crippen LogP contribution is 2.26. The van der Waals surface area contributed by atoms with Gasteiger partial charge in [0.1, 0.15) is 0 Å². The van der Waals surface area contributed by atoms with Gasteiger partial charge in [0.15, 0.2) is 0 Å². The SMILES string of the molecule is OC1(Cc2cccnc2)CCN(Cc2ccccc2)C1. The van der Waals surface area contributed by atoms with Gasteiger partial charge in [-0.25, -0.2) is 0 Å².